The highest BCUT2D eigenvalue weighted by Crippen LogP contribution is 2.17. The van der Waals surface area contributed by atoms with Gasteiger partial charge in [-0.3, -0.25) is 9.59 Å². The predicted octanol–water partition coefficient (Wildman–Crippen LogP) is 16.0. The van der Waals surface area contributed by atoms with Gasteiger partial charge in [-0.1, -0.05) is 247 Å². The Bertz CT molecular complexity index is 1210. The monoisotopic (exact) mass is 878 g/mol. The van der Waals surface area contributed by atoms with Gasteiger partial charge >= 0.3 is 5.97 Å². The highest BCUT2D eigenvalue weighted by atomic mass is 16.5. The summed E-state index contributed by atoms with van der Waals surface area (Å²) in [5.41, 5.74) is 0. The Morgan fingerprint density at radius 1 is 0.460 bits per heavy atom. The number of rotatable bonds is 46. The minimum atomic E-state index is -0.807. The first-order valence-corrected chi connectivity index (χ1v) is 26.4. The summed E-state index contributed by atoms with van der Waals surface area (Å²) in [5, 5.41) is 23.7. The molecule has 0 aromatic rings. The highest BCUT2D eigenvalue weighted by Gasteiger charge is 2.24. The van der Waals surface area contributed by atoms with Gasteiger partial charge in [-0.15, -0.1) is 0 Å². The van der Waals surface area contributed by atoms with Gasteiger partial charge in [0.1, 0.15) is 6.10 Å². The van der Waals surface area contributed by atoms with Crippen LogP contribution < -0.4 is 5.32 Å². The quantitative estimate of drug-likeness (QED) is 0.0322. The van der Waals surface area contributed by atoms with Crippen molar-refractivity contribution in [2.45, 2.75) is 257 Å². The number of ether oxygens (including phenoxy) is 1. The molecule has 0 fully saturated rings. The molecule has 0 saturated carbocycles. The third-order valence-corrected chi connectivity index (χ3v) is 11.6. The topological polar surface area (TPSA) is 95.9 Å². The molecule has 0 spiro atoms. The van der Waals surface area contributed by atoms with Crippen molar-refractivity contribution >= 4 is 11.9 Å². The Morgan fingerprint density at radius 2 is 0.857 bits per heavy atom. The molecule has 0 rings (SSSR count). The maximum absolute atomic E-state index is 13.2. The molecular formula is C57H99NO5. The lowest BCUT2D eigenvalue weighted by Crippen LogP contribution is -2.46. The second kappa shape index (κ2) is 50.0. The summed E-state index contributed by atoms with van der Waals surface area (Å²) in [6.07, 6.45) is 64.9. The fraction of sp³-hybridized carbons (Fsp3) is 0.719. The maximum Gasteiger partial charge on any atom is 0.306 e. The number of aliphatic hydroxyl groups is 2. The summed E-state index contributed by atoms with van der Waals surface area (Å²) in [4.78, 5) is 26.2. The first kappa shape index (κ1) is 60.0. The van der Waals surface area contributed by atoms with Crippen LogP contribution in [0.25, 0.3) is 0 Å². The lowest BCUT2D eigenvalue weighted by atomic mass is 10.0. The van der Waals surface area contributed by atoms with Crippen molar-refractivity contribution in [1.29, 1.82) is 0 Å². The Balaban J connectivity index is 4.71. The van der Waals surface area contributed by atoms with E-state index < -0.39 is 18.2 Å². The zero-order chi connectivity index (χ0) is 45.9. The predicted molar refractivity (Wildman–Crippen MR) is 273 cm³/mol. The van der Waals surface area contributed by atoms with Gasteiger partial charge in [0.2, 0.25) is 5.91 Å². The Kier molecular flexibility index (Phi) is 47.7. The van der Waals surface area contributed by atoms with Crippen LogP contribution in [0, 0.1) is 0 Å². The molecule has 0 heterocycles. The van der Waals surface area contributed by atoms with Crippen LogP contribution in [0.1, 0.15) is 239 Å². The van der Waals surface area contributed by atoms with Crippen LogP contribution in [-0.2, 0) is 14.3 Å². The van der Waals surface area contributed by atoms with E-state index in [4.69, 9.17) is 4.74 Å². The second-order valence-electron chi connectivity index (χ2n) is 17.7. The molecule has 0 aliphatic rings. The largest absolute Gasteiger partial charge is 0.462 e. The van der Waals surface area contributed by atoms with Crippen LogP contribution >= 0.6 is 0 Å². The zero-order valence-corrected chi connectivity index (χ0v) is 41.2. The molecular weight excluding hydrogens is 779 g/mol. The number of hydrogen-bond donors (Lipinski definition) is 3. The molecule has 3 N–H and O–H groups in total. The van der Waals surface area contributed by atoms with Crippen LogP contribution in [0.2, 0.25) is 0 Å². The average molecular weight is 878 g/mol. The molecule has 362 valence electrons. The summed E-state index contributed by atoms with van der Waals surface area (Å²) >= 11 is 0. The van der Waals surface area contributed by atoms with Gasteiger partial charge in [0, 0.05) is 6.42 Å². The van der Waals surface area contributed by atoms with Gasteiger partial charge in [0.25, 0.3) is 0 Å². The standard InChI is InChI=1S/C57H99NO5/c1-4-7-10-13-16-19-22-25-27-28-29-30-32-35-38-41-44-47-50-57(62)63-53(48-45-42-39-36-33-31-26-23-20-17-14-11-8-5-2)51-56(61)58-54(52-59)55(60)49-46-43-40-37-34-24-21-18-15-12-9-6-3/h10,13,16,19,22,25,27-31,33,36,39,53-55,59-60H,4-9,11-12,14-15,17-18,20-21,23-24,26,32,34-35,37-38,40-52H2,1-3H3,(H,58,61)/b13-10+,19-16+,25-22+,28-27+,30-29+,33-31+,39-36+. The average Bonchev–Trinajstić information content (AvgIpc) is 3.28. The lowest BCUT2D eigenvalue weighted by molar-refractivity contribution is -0.151. The van der Waals surface area contributed by atoms with E-state index in [1.165, 1.54) is 109 Å². The van der Waals surface area contributed by atoms with E-state index in [1.807, 2.05) is 24.3 Å². The normalized spacial score (nSPS) is 13.9. The van der Waals surface area contributed by atoms with Gasteiger partial charge in [-0.2, -0.15) is 0 Å². The molecule has 0 aromatic carbocycles. The van der Waals surface area contributed by atoms with E-state index in [9.17, 15) is 19.8 Å². The van der Waals surface area contributed by atoms with Crippen LogP contribution in [0.4, 0.5) is 0 Å². The third-order valence-electron chi connectivity index (χ3n) is 11.6. The molecule has 0 aliphatic carbocycles. The van der Waals surface area contributed by atoms with Crippen molar-refractivity contribution in [3.63, 3.8) is 0 Å². The molecule has 63 heavy (non-hydrogen) atoms. The third kappa shape index (κ3) is 45.4. The molecule has 0 saturated heterocycles. The molecule has 0 radical (unpaired) electrons. The summed E-state index contributed by atoms with van der Waals surface area (Å²) in [6.45, 7) is 6.37. The first-order chi connectivity index (χ1) is 31.0. The molecule has 3 unspecified atom stereocenters. The number of hydrogen-bond acceptors (Lipinski definition) is 5. The molecule has 6 nitrogen and oxygen atoms in total. The number of esters is 1. The number of unbranched alkanes of at least 4 members (excludes halogenated alkanes) is 25. The second-order valence-corrected chi connectivity index (χ2v) is 17.7. The van der Waals surface area contributed by atoms with Gasteiger partial charge in [0.15, 0.2) is 0 Å². The number of aliphatic hydroxyl groups excluding tert-OH is 2. The Morgan fingerprint density at radius 3 is 1.33 bits per heavy atom. The molecule has 6 heteroatoms. The Hall–Kier alpha value is -2.96. The molecule has 1 amide bonds. The van der Waals surface area contributed by atoms with Crippen LogP contribution in [0.15, 0.2) is 85.1 Å². The Labute approximate surface area is 389 Å². The fourth-order valence-electron chi connectivity index (χ4n) is 7.57. The van der Waals surface area contributed by atoms with Gasteiger partial charge in [0.05, 0.1) is 25.2 Å². The smallest absolute Gasteiger partial charge is 0.306 e. The summed E-state index contributed by atoms with van der Waals surface area (Å²) in [5.74, 6) is -0.553. The molecule has 0 aromatic heterocycles. The minimum Gasteiger partial charge on any atom is -0.462 e. The number of nitrogens with one attached hydrogen (secondary N) is 1. The summed E-state index contributed by atoms with van der Waals surface area (Å²) in [6, 6.07) is -0.725. The van der Waals surface area contributed by atoms with E-state index in [0.717, 1.165) is 83.5 Å². The lowest BCUT2D eigenvalue weighted by Gasteiger charge is -2.24. The van der Waals surface area contributed by atoms with Gasteiger partial charge < -0.3 is 20.3 Å². The van der Waals surface area contributed by atoms with Crippen molar-refractivity contribution < 1.29 is 24.5 Å². The van der Waals surface area contributed by atoms with Crippen LogP contribution in [-0.4, -0.2) is 46.9 Å². The van der Waals surface area contributed by atoms with Crippen LogP contribution in [0.5, 0.6) is 0 Å². The summed E-state index contributed by atoms with van der Waals surface area (Å²) in [7, 11) is 0. The van der Waals surface area contributed by atoms with Crippen LogP contribution in [0.3, 0.4) is 0 Å². The van der Waals surface area contributed by atoms with Crippen molar-refractivity contribution in [2.24, 2.45) is 0 Å². The summed E-state index contributed by atoms with van der Waals surface area (Å²) < 4.78 is 5.90. The van der Waals surface area contributed by atoms with Gasteiger partial charge in [-0.05, 0) is 64.2 Å². The van der Waals surface area contributed by atoms with Gasteiger partial charge in [-0.25, -0.2) is 0 Å². The number of allylic oxidation sites excluding steroid dienone is 14. The SMILES string of the molecule is CCC/C=C/C=C/C=C/C=C/C=C/CCCCCCCC(=O)OC(CCC/C=C/C=C/CCCCCCCCC)CC(=O)NC(CO)C(O)CCCCCCCCCCCCCC. The van der Waals surface area contributed by atoms with Crippen molar-refractivity contribution in [3.05, 3.63) is 85.1 Å². The van der Waals surface area contributed by atoms with E-state index >= 15 is 0 Å². The zero-order valence-electron chi connectivity index (χ0n) is 41.2. The molecule has 0 bridgehead atoms. The number of amides is 1. The minimum absolute atomic E-state index is 0.0301. The van der Waals surface area contributed by atoms with Crippen molar-refractivity contribution in [3.8, 4) is 0 Å². The number of carbonyl (C=O) groups excluding carboxylic acids is 2. The van der Waals surface area contributed by atoms with E-state index in [0.29, 0.717) is 19.3 Å². The number of carbonyl (C=O) groups is 2. The molecule has 0 aliphatic heterocycles. The molecule has 3 atom stereocenters. The van der Waals surface area contributed by atoms with Crippen molar-refractivity contribution in [2.75, 3.05) is 6.61 Å². The van der Waals surface area contributed by atoms with E-state index in [2.05, 4.69) is 86.8 Å². The van der Waals surface area contributed by atoms with E-state index in [1.54, 1.807) is 0 Å². The maximum atomic E-state index is 13.2. The first-order valence-electron chi connectivity index (χ1n) is 26.4. The fourth-order valence-corrected chi connectivity index (χ4v) is 7.57. The van der Waals surface area contributed by atoms with E-state index in [-0.39, 0.29) is 24.9 Å². The highest BCUT2D eigenvalue weighted by molar-refractivity contribution is 5.77. The van der Waals surface area contributed by atoms with Crippen molar-refractivity contribution in [1.82, 2.24) is 5.32 Å².